The largest absolute Gasteiger partial charge is 0.481 e. The van der Waals surface area contributed by atoms with E-state index in [-0.39, 0.29) is 6.42 Å². The summed E-state index contributed by atoms with van der Waals surface area (Å²) in [6, 6.07) is -3.66. The molecule has 0 aliphatic rings. The number of nitrogens with two attached hydrogens (primary N) is 2. The highest BCUT2D eigenvalue weighted by molar-refractivity contribution is 5.92. The summed E-state index contributed by atoms with van der Waals surface area (Å²) in [6.07, 6.45) is 3.74. The van der Waals surface area contributed by atoms with Gasteiger partial charge in [-0.15, -0.1) is 0 Å². The third-order valence-electron chi connectivity index (χ3n) is 3.91. The van der Waals surface area contributed by atoms with E-state index in [1.807, 2.05) is 0 Å². The molecular weight excluding hydrogens is 372 g/mol. The fourth-order valence-electron chi connectivity index (χ4n) is 2.39. The lowest BCUT2D eigenvalue weighted by Gasteiger charge is -2.22. The summed E-state index contributed by atoms with van der Waals surface area (Å²) < 4.78 is 0. The van der Waals surface area contributed by atoms with E-state index in [2.05, 4.69) is 20.6 Å². The number of nitrogens with zero attached hydrogens (tertiary/aromatic N) is 1. The molecule has 0 aliphatic carbocycles. The second-order valence-electron chi connectivity index (χ2n) is 6.23. The van der Waals surface area contributed by atoms with Gasteiger partial charge in [0.1, 0.15) is 12.1 Å². The van der Waals surface area contributed by atoms with Crippen molar-refractivity contribution in [3.05, 3.63) is 18.2 Å². The fraction of sp³-hybridized carbons (Fsp3) is 0.562. The molecule has 1 aromatic rings. The van der Waals surface area contributed by atoms with Gasteiger partial charge in [-0.3, -0.25) is 14.4 Å². The Balaban J connectivity index is 2.82. The molecule has 12 heteroatoms. The van der Waals surface area contributed by atoms with E-state index >= 15 is 0 Å². The van der Waals surface area contributed by atoms with Crippen molar-refractivity contribution >= 4 is 23.8 Å². The molecule has 3 atom stereocenters. The molecule has 0 aliphatic heterocycles. The Morgan fingerprint density at radius 2 is 1.79 bits per heavy atom. The summed E-state index contributed by atoms with van der Waals surface area (Å²) in [4.78, 5) is 53.4. The highest BCUT2D eigenvalue weighted by atomic mass is 16.4. The Morgan fingerprint density at radius 1 is 1.11 bits per heavy atom. The van der Waals surface area contributed by atoms with Gasteiger partial charge < -0.3 is 37.3 Å². The molecule has 156 valence electrons. The summed E-state index contributed by atoms with van der Waals surface area (Å²) in [5, 5.41) is 22.5. The average Bonchev–Trinajstić information content (AvgIpc) is 3.13. The van der Waals surface area contributed by atoms with Crippen LogP contribution in [0.2, 0.25) is 0 Å². The summed E-state index contributed by atoms with van der Waals surface area (Å²) in [6.45, 7) is 0.472. The van der Waals surface area contributed by atoms with Crippen LogP contribution in [0.4, 0.5) is 0 Å². The molecule has 0 spiro atoms. The maximum absolute atomic E-state index is 12.5. The zero-order valence-electron chi connectivity index (χ0n) is 15.3. The van der Waals surface area contributed by atoms with Crippen molar-refractivity contribution in [2.24, 2.45) is 11.5 Å². The summed E-state index contributed by atoms with van der Waals surface area (Å²) >= 11 is 0. The van der Waals surface area contributed by atoms with Crippen LogP contribution in [0.5, 0.6) is 0 Å². The predicted molar refractivity (Wildman–Crippen MR) is 96.9 cm³/mol. The van der Waals surface area contributed by atoms with Crippen molar-refractivity contribution in [2.45, 2.75) is 50.2 Å². The van der Waals surface area contributed by atoms with Crippen LogP contribution in [0.25, 0.3) is 0 Å². The van der Waals surface area contributed by atoms with Crippen molar-refractivity contribution < 1.29 is 29.4 Å². The van der Waals surface area contributed by atoms with Gasteiger partial charge in [0.25, 0.3) is 0 Å². The van der Waals surface area contributed by atoms with Crippen LogP contribution in [0, 0.1) is 0 Å². The standard InChI is InChI=1S/C16H26N6O6/c17-4-2-1-3-10(18)14(25)21-11(5-9-7-19-8-20-9)15(26)22-12(16(27)28)6-13(23)24/h7-8,10-12H,1-6,17-18H2,(H,19,20)(H,21,25)(H,22,26)(H,23,24)(H,27,28)/t10-,11-,12-/m0/s1. The predicted octanol–water partition coefficient (Wildman–Crippen LogP) is -2.06. The Morgan fingerprint density at radius 3 is 2.32 bits per heavy atom. The van der Waals surface area contributed by atoms with Crippen molar-refractivity contribution in [1.29, 1.82) is 0 Å². The van der Waals surface area contributed by atoms with Crippen LogP contribution in [-0.2, 0) is 25.6 Å². The minimum absolute atomic E-state index is 0.00744. The van der Waals surface area contributed by atoms with Crippen molar-refractivity contribution in [3.63, 3.8) is 0 Å². The van der Waals surface area contributed by atoms with Gasteiger partial charge >= 0.3 is 11.9 Å². The van der Waals surface area contributed by atoms with E-state index in [1.54, 1.807) is 0 Å². The van der Waals surface area contributed by atoms with Gasteiger partial charge in [0, 0.05) is 18.3 Å². The lowest BCUT2D eigenvalue weighted by atomic mass is 10.1. The first-order valence-electron chi connectivity index (χ1n) is 8.72. The Labute approximate surface area is 161 Å². The van der Waals surface area contributed by atoms with Gasteiger partial charge in [0.2, 0.25) is 11.8 Å². The number of hydrogen-bond donors (Lipinski definition) is 7. The number of carbonyl (C=O) groups is 4. The van der Waals surface area contributed by atoms with Gasteiger partial charge in [-0.1, -0.05) is 6.42 Å². The number of aromatic amines is 1. The zero-order chi connectivity index (χ0) is 21.1. The molecule has 28 heavy (non-hydrogen) atoms. The number of unbranched alkanes of at least 4 members (excludes halogenated alkanes) is 1. The van der Waals surface area contributed by atoms with E-state index in [0.29, 0.717) is 31.5 Å². The molecule has 0 aromatic carbocycles. The molecule has 2 amide bonds. The molecule has 0 saturated heterocycles. The van der Waals surface area contributed by atoms with E-state index in [4.69, 9.17) is 21.7 Å². The Bertz CT molecular complexity index is 665. The van der Waals surface area contributed by atoms with Crippen molar-refractivity contribution in [3.8, 4) is 0 Å². The quantitative estimate of drug-likeness (QED) is 0.182. The van der Waals surface area contributed by atoms with Gasteiger partial charge in [0.15, 0.2) is 0 Å². The second kappa shape index (κ2) is 11.7. The van der Waals surface area contributed by atoms with Gasteiger partial charge in [-0.2, -0.15) is 0 Å². The number of carboxylic acids is 2. The number of aliphatic carboxylic acids is 2. The molecule has 1 heterocycles. The molecule has 1 rings (SSSR count). The van der Waals surface area contributed by atoms with E-state index in [0.717, 1.165) is 0 Å². The van der Waals surface area contributed by atoms with E-state index in [1.165, 1.54) is 12.5 Å². The number of amides is 2. The number of aromatic nitrogens is 2. The molecular formula is C16H26N6O6. The minimum atomic E-state index is -1.63. The first kappa shape index (κ1) is 23.0. The third kappa shape index (κ3) is 8.14. The number of nitrogens with one attached hydrogen (secondary N) is 3. The monoisotopic (exact) mass is 398 g/mol. The smallest absolute Gasteiger partial charge is 0.326 e. The fourth-order valence-corrected chi connectivity index (χ4v) is 2.39. The van der Waals surface area contributed by atoms with Gasteiger partial charge in [-0.05, 0) is 19.4 Å². The molecule has 0 radical (unpaired) electrons. The highest BCUT2D eigenvalue weighted by Crippen LogP contribution is 2.04. The van der Waals surface area contributed by atoms with E-state index in [9.17, 15) is 19.2 Å². The highest BCUT2D eigenvalue weighted by Gasteiger charge is 2.29. The van der Waals surface area contributed by atoms with Crippen LogP contribution in [0.3, 0.4) is 0 Å². The number of carbonyl (C=O) groups excluding carboxylic acids is 2. The van der Waals surface area contributed by atoms with Crippen LogP contribution >= 0.6 is 0 Å². The Kier molecular flexibility index (Phi) is 9.60. The van der Waals surface area contributed by atoms with Crippen LogP contribution in [0.15, 0.2) is 12.5 Å². The van der Waals surface area contributed by atoms with Crippen molar-refractivity contribution in [2.75, 3.05) is 6.54 Å². The number of hydrogen-bond acceptors (Lipinski definition) is 7. The molecule has 12 nitrogen and oxygen atoms in total. The first-order chi connectivity index (χ1) is 13.2. The van der Waals surface area contributed by atoms with Crippen molar-refractivity contribution in [1.82, 2.24) is 20.6 Å². The summed E-state index contributed by atoms with van der Waals surface area (Å²) in [5.41, 5.74) is 11.7. The second-order valence-corrected chi connectivity index (χ2v) is 6.23. The maximum Gasteiger partial charge on any atom is 0.326 e. The summed E-state index contributed by atoms with van der Waals surface area (Å²) in [7, 11) is 0. The molecule has 0 saturated carbocycles. The number of imidazole rings is 1. The van der Waals surface area contributed by atoms with Crippen LogP contribution in [0.1, 0.15) is 31.4 Å². The third-order valence-corrected chi connectivity index (χ3v) is 3.91. The molecule has 1 aromatic heterocycles. The lowest BCUT2D eigenvalue weighted by Crippen LogP contribution is -2.55. The molecule has 9 N–H and O–H groups in total. The average molecular weight is 398 g/mol. The van der Waals surface area contributed by atoms with Gasteiger partial charge in [0.05, 0.1) is 18.8 Å². The lowest BCUT2D eigenvalue weighted by molar-refractivity contribution is -0.147. The normalized spacial score (nSPS) is 13.9. The number of rotatable bonds is 13. The SMILES string of the molecule is NCCCC[C@H](N)C(=O)N[C@@H](Cc1cnc[nH]1)C(=O)N[C@@H](CC(=O)O)C(=O)O. The zero-order valence-corrected chi connectivity index (χ0v) is 15.3. The first-order valence-corrected chi connectivity index (χ1v) is 8.72. The van der Waals surface area contributed by atoms with Crippen LogP contribution in [-0.4, -0.2) is 68.6 Å². The Hall–Kier alpha value is -2.99. The number of H-pyrrole nitrogens is 1. The number of carboxylic acid groups (broad SMARTS) is 2. The molecule has 0 bridgehead atoms. The minimum Gasteiger partial charge on any atom is -0.481 e. The van der Waals surface area contributed by atoms with E-state index < -0.39 is 48.3 Å². The van der Waals surface area contributed by atoms with Gasteiger partial charge in [-0.25, -0.2) is 9.78 Å². The van der Waals surface area contributed by atoms with Crippen LogP contribution < -0.4 is 22.1 Å². The summed E-state index contributed by atoms with van der Waals surface area (Å²) in [5.74, 6) is -4.31. The molecule has 0 fully saturated rings. The topological polar surface area (TPSA) is 214 Å². The maximum atomic E-state index is 12.5. The molecule has 0 unspecified atom stereocenters.